The van der Waals surface area contributed by atoms with Crippen LogP contribution in [0.1, 0.15) is 38.5 Å². The number of carbonyl (C=O) groups is 2. The van der Waals surface area contributed by atoms with Crippen molar-refractivity contribution >= 4 is 11.9 Å². The first-order chi connectivity index (χ1) is 7.70. The second kappa shape index (κ2) is 3.47. The Kier molecular flexibility index (Phi) is 2.19. The van der Waals surface area contributed by atoms with Gasteiger partial charge in [0.1, 0.15) is 6.04 Å². The maximum absolute atomic E-state index is 12.0. The van der Waals surface area contributed by atoms with E-state index in [4.69, 9.17) is 0 Å². The van der Waals surface area contributed by atoms with Crippen LogP contribution >= 0.6 is 0 Å². The van der Waals surface area contributed by atoms with Gasteiger partial charge in [-0.25, -0.2) is 4.79 Å². The Bertz CT molecular complexity index is 342. The van der Waals surface area contributed by atoms with Crippen LogP contribution < -0.4 is 0 Å². The summed E-state index contributed by atoms with van der Waals surface area (Å²) >= 11 is 0. The molecule has 3 unspecified atom stereocenters. The van der Waals surface area contributed by atoms with Crippen LogP contribution in [0.3, 0.4) is 0 Å². The number of carbonyl (C=O) groups excluding carboxylic acids is 2. The van der Waals surface area contributed by atoms with Crippen molar-refractivity contribution in [2.45, 2.75) is 50.6 Å². The molecule has 3 amide bonds. The van der Waals surface area contributed by atoms with E-state index in [0.717, 1.165) is 19.3 Å². The van der Waals surface area contributed by atoms with Gasteiger partial charge in [0.25, 0.3) is 5.91 Å². The van der Waals surface area contributed by atoms with Gasteiger partial charge in [0.2, 0.25) is 0 Å². The van der Waals surface area contributed by atoms with E-state index in [0.29, 0.717) is 12.0 Å². The lowest BCUT2D eigenvalue weighted by Gasteiger charge is -2.44. The molecule has 2 saturated heterocycles. The summed E-state index contributed by atoms with van der Waals surface area (Å²) in [7, 11) is 1.61. The van der Waals surface area contributed by atoms with E-state index in [1.807, 2.05) is 4.90 Å². The van der Waals surface area contributed by atoms with Crippen molar-refractivity contribution in [3.8, 4) is 0 Å². The Hall–Kier alpha value is -1.06. The molecule has 1 aliphatic carbocycles. The average molecular weight is 222 g/mol. The van der Waals surface area contributed by atoms with Crippen molar-refractivity contribution in [1.82, 2.24) is 9.80 Å². The minimum Gasteiger partial charge on any atom is -0.309 e. The minimum absolute atomic E-state index is 0.00836. The monoisotopic (exact) mass is 222 g/mol. The number of imide groups is 1. The number of nitrogens with zero attached hydrogens (tertiary/aromatic N) is 2. The molecule has 2 heterocycles. The zero-order valence-electron chi connectivity index (χ0n) is 9.69. The lowest BCUT2D eigenvalue weighted by atomic mass is 9.77. The number of rotatable bonds is 0. The summed E-state index contributed by atoms with van der Waals surface area (Å²) < 4.78 is 0. The van der Waals surface area contributed by atoms with Gasteiger partial charge in [0.05, 0.1) is 0 Å². The molecule has 4 heteroatoms. The van der Waals surface area contributed by atoms with E-state index in [-0.39, 0.29) is 18.0 Å². The Morgan fingerprint density at radius 3 is 2.62 bits per heavy atom. The highest BCUT2D eigenvalue weighted by atomic mass is 16.2. The van der Waals surface area contributed by atoms with Crippen LogP contribution in [0.4, 0.5) is 4.79 Å². The normalized spacial score (nSPS) is 38.7. The molecule has 3 atom stereocenters. The van der Waals surface area contributed by atoms with Crippen LogP contribution in [0.25, 0.3) is 0 Å². The largest absolute Gasteiger partial charge is 0.327 e. The number of fused-ring (bicyclic) bond motifs is 3. The fraction of sp³-hybridized carbons (Fsp3) is 0.833. The van der Waals surface area contributed by atoms with Gasteiger partial charge in [-0.2, -0.15) is 0 Å². The fourth-order valence-corrected chi connectivity index (χ4v) is 3.64. The van der Waals surface area contributed by atoms with Gasteiger partial charge in [-0.1, -0.05) is 12.8 Å². The molecule has 1 saturated carbocycles. The van der Waals surface area contributed by atoms with Crippen LogP contribution in [0.5, 0.6) is 0 Å². The minimum atomic E-state index is -0.142. The second-order valence-corrected chi connectivity index (χ2v) is 5.29. The molecule has 3 fully saturated rings. The number of piperidine rings is 1. The lowest BCUT2D eigenvalue weighted by Crippen LogP contribution is -2.52. The fourth-order valence-electron chi connectivity index (χ4n) is 3.64. The summed E-state index contributed by atoms with van der Waals surface area (Å²) in [4.78, 5) is 27.1. The van der Waals surface area contributed by atoms with Crippen LogP contribution in [-0.2, 0) is 4.79 Å². The van der Waals surface area contributed by atoms with Crippen molar-refractivity contribution in [3.63, 3.8) is 0 Å². The van der Waals surface area contributed by atoms with Crippen molar-refractivity contribution in [2.75, 3.05) is 7.05 Å². The van der Waals surface area contributed by atoms with Gasteiger partial charge in [-0.05, 0) is 31.6 Å². The molecule has 0 N–H and O–H groups in total. The maximum atomic E-state index is 12.0. The molecule has 3 aliphatic rings. The predicted molar refractivity (Wildman–Crippen MR) is 58.8 cm³/mol. The van der Waals surface area contributed by atoms with Crippen molar-refractivity contribution in [2.24, 2.45) is 5.92 Å². The third-order valence-electron chi connectivity index (χ3n) is 4.50. The molecular weight excluding hydrogens is 204 g/mol. The van der Waals surface area contributed by atoms with E-state index in [1.54, 1.807) is 7.05 Å². The van der Waals surface area contributed by atoms with Gasteiger partial charge in [0, 0.05) is 13.1 Å². The molecule has 0 spiro atoms. The average Bonchev–Trinajstić information content (AvgIpc) is 2.55. The molecule has 3 rings (SSSR count). The van der Waals surface area contributed by atoms with Crippen LogP contribution in [0.15, 0.2) is 0 Å². The van der Waals surface area contributed by atoms with Crippen LogP contribution in [0.2, 0.25) is 0 Å². The van der Waals surface area contributed by atoms with E-state index < -0.39 is 0 Å². The number of likely N-dealkylation sites (N-methyl/N-ethyl adjacent to an activating group) is 1. The molecule has 0 aromatic rings. The van der Waals surface area contributed by atoms with E-state index >= 15 is 0 Å². The Morgan fingerprint density at radius 1 is 1.06 bits per heavy atom. The molecule has 2 aliphatic heterocycles. The first-order valence-electron chi connectivity index (χ1n) is 6.30. The first kappa shape index (κ1) is 10.1. The van der Waals surface area contributed by atoms with Crippen molar-refractivity contribution in [3.05, 3.63) is 0 Å². The number of hydrogen-bond donors (Lipinski definition) is 0. The first-order valence-corrected chi connectivity index (χ1v) is 6.30. The summed E-state index contributed by atoms with van der Waals surface area (Å²) in [6.45, 7) is 0. The van der Waals surface area contributed by atoms with Crippen molar-refractivity contribution in [1.29, 1.82) is 0 Å². The zero-order valence-corrected chi connectivity index (χ0v) is 9.69. The SMILES string of the molecule is CN1C(=O)C2CCC3CCCCC3N2C1=O. The molecule has 88 valence electrons. The third-order valence-corrected chi connectivity index (χ3v) is 4.50. The summed E-state index contributed by atoms with van der Waals surface area (Å²) in [5.41, 5.74) is 0. The van der Waals surface area contributed by atoms with E-state index in [9.17, 15) is 9.59 Å². The summed E-state index contributed by atoms with van der Waals surface area (Å²) in [5.74, 6) is 0.655. The molecule has 0 bridgehead atoms. The van der Waals surface area contributed by atoms with E-state index in [2.05, 4.69) is 0 Å². The Labute approximate surface area is 95.6 Å². The van der Waals surface area contributed by atoms with Gasteiger partial charge >= 0.3 is 6.03 Å². The number of urea groups is 1. The standard InChI is InChI=1S/C12H18N2O2/c1-13-11(15)10-7-6-8-4-2-3-5-9(8)14(10)12(13)16/h8-10H,2-7H2,1H3. The Balaban J connectivity index is 1.90. The molecule has 4 nitrogen and oxygen atoms in total. The van der Waals surface area contributed by atoms with Crippen LogP contribution in [0, 0.1) is 5.92 Å². The highest BCUT2D eigenvalue weighted by molar-refractivity contribution is 6.04. The summed E-state index contributed by atoms with van der Waals surface area (Å²) in [6, 6.07) is 0.136. The van der Waals surface area contributed by atoms with Gasteiger partial charge in [-0.15, -0.1) is 0 Å². The Morgan fingerprint density at radius 2 is 1.81 bits per heavy atom. The number of amides is 3. The van der Waals surface area contributed by atoms with Gasteiger partial charge in [-0.3, -0.25) is 9.69 Å². The summed E-state index contributed by atoms with van der Waals surface area (Å²) in [6.07, 6.45) is 6.81. The quantitative estimate of drug-likeness (QED) is 0.584. The van der Waals surface area contributed by atoms with Gasteiger partial charge < -0.3 is 4.90 Å². The smallest absolute Gasteiger partial charge is 0.309 e. The molecular formula is C12H18N2O2. The highest BCUT2D eigenvalue weighted by Gasteiger charge is 2.50. The molecule has 0 aromatic carbocycles. The highest BCUT2D eigenvalue weighted by Crippen LogP contribution is 2.40. The third kappa shape index (κ3) is 1.22. The second-order valence-electron chi connectivity index (χ2n) is 5.29. The van der Waals surface area contributed by atoms with Gasteiger partial charge in [0.15, 0.2) is 0 Å². The number of hydrogen-bond acceptors (Lipinski definition) is 2. The molecule has 0 radical (unpaired) electrons. The zero-order chi connectivity index (χ0) is 11.3. The van der Waals surface area contributed by atoms with Crippen molar-refractivity contribution < 1.29 is 9.59 Å². The lowest BCUT2D eigenvalue weighted by molar-refractivity contribution is -0.129. The topological polar surface area (TPSA) is 40.6 Å². The predicted octanol–water partition coefficient (Wildman–Crippen LogP) is 1.60. The van der Waals surface area contributed by atoms with E-state index in [1.165, 1.54) is 24.2 Å². The molecule has 0 aromatic heterocycles. The maximum Gasteiger partial charge on any atom is 0.327 e. The van der Waals surface area contributed by atoms with Crippen LogP contribution in [-0.4, -0.2) is 40.9 Å². The summed E-state index contributed by atoms with van der Waals surface area (Å²) in [5, 5.41) is 0. The molecule has 16 heavy (non-hydrogen) atoms.